The van der Waals surface area contributed by atoms with Gasteiger partial charge in [0.15, 0.2) is 11.5 Å². The van der Waals surface area contributed by atoms with E-state index in [2.05, 4.69) is 15.5 Å². The number of non-ortho nitro benzene ring substituents is 1. The number of hydrogen-bond donors (Lipinski definition) is 3. The molecule has 49 heavy (non-hydrogen) atoms. The van der Waals surface area contributed by atoms with Gasteiger partial charge in [0.05, 0.1) is 42.3 Å². The third-order valence-electron chi connectivity index (χ3n) is 8.06. The Hall–Kier alpha value is -4.46. The molecule has 1 aliphatic heterocycles. The van der Waals surface area contributed by atoms with Crippen LogP contribution < -0.4 is 20.1 Å². The molecule has 13 nitrogen and oxygen atoms in total. The number of nitrogens with one attached hydrogen (secondary N) is 2. The second kappa shape index (κ2) is 17.8. The Bertz CT molecular complexity index is 1540. The Morgan fingerprint density at radius 2 is 1.67 bits per heavy atom. The van der Waals surface area contributed by atoms with Gasteiger partial charge in [-0.1, -0.05) is 24.3 Å². The summed E-state index contributed by atoms with van der Waals surface area (Å²) in [6, 6.07) is 13.1. The molecule has 0 spiro atoms. The second-order valence-corrected chi connectivity index (χ2v) is 12.7. The van der Waals surface area contributed by atoms with Crippen LogP contribution in [-0.4, -0.2) is 91.1 Å². The predicted molar refractivity (Wildman–Crippen MR) is 185 cm³/mol. The summed E-state index contributed by atoms with van der Waals surface area (Å²) in [6.07, 6.45) is -0.806. The maximum atomic E-state index is 13.8. The Labute approximate surface area is 288 Å². The zero-order valence-corrected chi connectivity index (χ0v) is 29.7. The highest BCUT2D eigenvalue weighted by Crippen LogP contribution is 2.40. The molecule has 0 aliphatic carbocycles. The van der Waals surface area contributed by atoms with E-state index in [9.17, 15) is 24.8 Å². The number of nitro groups is 1. The van der Waals surface area contributed by atoms with E-state index in [0.717, 1.165) is 0 Å². The molecule has 1 aliphatic rings. The van der Waals surface area contributed by atoms with Crippen molar-refractivity contribution in [1.82, 2.24) is 15.5 Å². The number of para-hydroxylation sites is 2. The fourth-order valence-electron chi connectivity index (χ4n) is 5.67. The number of β-amino-alcohol motifs (C(OH)–C–C–N with tert-alkyl or cyclic N) is 1. The summed E-state index contributed by atoms with van der Waals surface area (Å²) in [5, 5.41) is 29.2. The molecular weight excluding hydrogens is 632 g/mol. The molecule has 0 radical (unpaired) electrons. The number of nitrogens with zero attached hydrogens (tertiary/aromatic N) is 2. The van der Waals surface area contributed by atoms with Crippen molar-refractivity contribution < 1.29 is 38.6 Å². The van der Waals surface area contributed by atoms with E-state index < -0.39 is 34.4 Å². The summed E-state index contributed by atoms with van der Waals surface area (Å²) in [7, 11) is 1.56. The van der Waals surface area contributed by atoms with Crippen LogP contribution in [0.25, 0.3) is 0 Å². The van der Waals surface area contributed by atoms with Crippen LogP contribution in [0.1, 0.15) is 59.9 Å². The summed E-state index contributed by atoms with van der Waals surface area (Å²) in [4.78, 5) is 40.5. The van der Waals surface area contributed by atoms with Gasteiger partial charge in [0, 0.05) is 54.7 Å². The third kappa shape index (κ3) is 10.5. The van der Waals surface area contributed by atoms with Gasteiger partial charge >= 0.3 is 11.9 Å². The van der Waals surface area contributed by atoms with E-state index in [0.29, 0.717) is 35.0 Å². The van der Waals surface area contributed by atoms with Crippen molar-refractivity contribution in [3.8, 4) is 11.5 Å². The number of aliphatic hydroxyl groups is 1. The van der Waals surface area contributed by atoms with Crippen molar-refractivity contribution in [2.75, 3.05) is 46.6 Å². The zero-order chi connectivity index (χ0) is 36.3. The molecule has 0 saturated carbocycles. The van der Waals surface area contributed by atoms with Gasteiger partial charge in [0.25, 0.3) is 5.69 Å². The number of nitro benzene ring substituents is 1. The van der Waals surface area contributed by atoms with Crippen molar-refractivity contribution in [1.29, 1.82) is 0 Å². The summed E-state index contributed by atoms with van der Waals surface area (Å²) >= 11 is 0. The number of aliphatic hydroxyl groups excluding tert-OH is 1. The molecule has 0 bridgehead atoms. The maximum absolute atomic E-state index is 13.8. The minimum absolute atomic E-state index is 0.00428. The number of esters is 2. The van der Waals surface area contributed by atoms with Crippen LogP contribution in [0.4, 0.5) is 5.69 Å². The van der Waals surface area contributed by atoms with Gasteiger partial charge in [-0.3, -0.25) is 15.0 Å². The Kier molecular flexibility index (Phi) is 14.2. The lowest BCUT2D eigenvalue weighted by molar-refractivity contribution is -0.384. The lowest BCUT2D eigenvalue weighted by Crippen LogP contribution is -2.54. The number of dihydropyridines is 1. The highest BCUT2D eigenvalue weighted by atomic mass is 16.6. The van der Waals surface area contributed by atoms with Crippen LogP contribution in [0.5, 0.6) is 11.5 Å². The molecular formula is C36H50N4O9. The molecule has 3 rings (SSSR count). The highest BCUT2D eigenvalue weighted by molar-refractivity contribution is 6.00. The number of allylic oxidation sites excluding steroid dienone is 1. The van der Waals surface area contributed by atoms with Crippen molar-refractivity contribution in [2.45, 2.75) is 72.1 Å². The first-order valence-corrected chi connectivity index (χ1v) is 16.4. The van der Waals surface area contributed by atoms with Crippen LogP contribution in [0, 0.1) is 10.1 Å². The lowest BCUT2D eigenvalue weighted by atomic mass is 9.80. The molecule has 13 heteroatoms. The zero-order valence-electron chi connectivity index (χ0n) is 29.7. The largest absolute Gasteiger partial charge is 0.493 e. The first-order chi connectivity index (χ1) is 23.2. The third-order valence-corrected chi connectivity index (χ3v) is 8.06. The topological polar surface area (TPSA) is 162 Å². The number of rotatable bonds is 18. The average molecular weight is 683 g/mol. The molecule has 268 valence electrons. The SMILES string of the molecule is CCOC(=O)C1=C(C)NC(CN(CC(C)(C)NCC(O)COc2ccccc2OC)C(C)C)=C(C(=O)OCC)C1c1cccc([N+](=O)[O-])c1. The first kappa shape index (κ1) is 39.0. The van der Waals surface area contributed by atoms with E-state index in [1.165, 1.54) is 18.2 Å². The van der Waals surface area contributed by atoms with Crippen molar-refractivity contribution in [2.24, 2.45) is 0 Å². The molecule has 2 aromatic carbocycles. The molecule has 3 N–H and O–H groups in total. The van der Waals surface area contributed by atoms with Gasteiger partial charge in [-0.15, -0.1) is 0 Å². The molecule has 1 heterocycles. The van der Waals surface area contributed by atoms with Gasteiger partial charge in [-0.25, -0.2) is 9.59 Å². The number of hydrogen-bond acceptors (Lipinski definition) is 12. The smallest absolute Gasteiger partial charge is 0.336 e. The van der Waals surface area contributed by atoms with E-state index in [4.69, 9.17) is 18.9 Å². The monoisotopic (exact) mass is 682 g/mol. The fraction of sp³-hybridized carbons (Fsp3) is 0.500. The highest BCUT2D eigenvalue weighted by Gasteiger charge is 2.40. The Morgan fingerprint density at radius 3 is 2.27 bits per heavy atom. The van der Waals surface area contributed by atoms with Crippen LogP contribution in [0.3, 0.4) is 0 Å². The number of benzene rings is 2. The number of methoxy groups -OCH3 is 1. The molecule has 0 aromatic heterocycles. The van der Waals surface area contributed by atoms with Crippen molar-refractivity contribution >= 4 is 17.6 Å². The molecule has 2 atom stereocenters. The van der Waals surface area contributed by atoms with E-state index in [-0.39, 0.29) is 55.8 Å². The fourth-order valence-corrected chi connectivity index (χ4v) is 5.67. The molecule has 0 saturated heterocycles. The Morgan fingerprint density at radius 1 is 1.04 bits per heavy atom. The van der Waals surface area contributed by atoms with Crippen LogP contribution in [0.2, 0.25) is 0 Å². The van der Waals surface area contributed by atoms with Gasteiger partial charge in [-0.05, 0) is 66.2 Å². The van der Waals surface area contributed by atoms with Crippen LogP contribution in [0.15, 0.2) is 71.1 Å². The van der Waals surface area contributed by atoms with Gasteiger partial charge in [-0.2, -0.15) is 0 Å². The van der Waals surface area contributed by atoms with Gasteiger partial charge in [0.1, 0.15) is 12.7 Å². The Balaban J connectivity index is 1.92. The van der Waals surface area contributed by atoms with Crippen molar-refractivity contribution in [3.05, 3.63) is 86.7 Å². The summed E-state index contributed by atoms with van der Waals surface area (Å²) < 4.78 is 22.0. The summed E-state index contributed by atoms with van der Waals surface area (Å²) in [5.74, 6) is -1.14. The van der Waals surface area contributed by atoms with Gasteiger partial charge in [0.2, 0.25) is 0 Å². The molecule has 2 unspecified atom stereocenters. The van der Waals surface area contributed by atoms with Crippen molar-refractivity contribution in [3.63, 3.8) is 0 Å². The molecule has 0 fully saturated rings. The summed E-state index contributed by atoms with van der Waals surface area (Å²) in [5.41, 5.74) is 1.05. The first-order valence-electron chi connectivity index (χ1n) is 16.4. The standard InChI is InChI=1S/C36H50N4O9/c1-9-47-34(42)31-24(5)38-28(33(35(43)48-10-2)32(31)25-14-13-15-26(18-25)40(44)45)20-39(23(3)4)22-36(6,7)37-19-27(41)21-49-30-17-12-11-16-29(30)46-8/h11-18,23,27,32,37-38,41H,9-10,19-22H2,1-8H3. The second-order valence-electron chi connectivity index (χ2n) is 12.7. The predicted octanol–water partition coefficient (Wildman–Crippen LogP) is 4.46. The van der Waals surface area contributed by atoms with Gasteiger partial charge < -0.3 is 34.7 Å². The van der Waals surface area contributed by atoms with E-state index in [1.54, 1.807) is 46.1 Å². The van der Waals surface area contributed by atoms with E-state index in [1.807, 2.05) is 39.8 Å². The molecule has 0 amide bonds. The normalized spacial score (nSPS) is 15.6. The average Bonchev–Trinajstić information content (AvgIpc) is 3.06. The maximum Gasteiger partial charge on any atom is 0.336 e. The minimum atomic E-state index is -0.979. The number of carbonyl (C=O) groups is 2. The van der Waals surface area contributed by atoms with Crippen LogP contribution >= 0.6 is 0 Å². The summed E-state index contributed by atoms with van der Waals surface area (Å²) in [6.45, 7) is 14.4. The quantitative estimate of drug-likeness (QED) is 0.115. The lowest BCUT2D eigenvalue weighted by Gasteiger charge is -2.39. The number of carbonyl (C=O) groups excluding carboxylic acids is 2. The number of ether oxygens (including phenoxy) is 4. The van der Waals surface area contributed by atoms with E-state index >= 15 is 0 Å². The molecule has 2 aromatic rings. The van der Waals surface area contributed by atoms with Crippen LogP contribution in [-0.2, 0) is 19.1 Å². The minimum Gasteiger partial charge on any atom is -0.493 e.